The van der Waals surface area contributed by atoms with E-state index in [1.54, 1.807) is 10.4 Å². The van der Waals surface area contributed by atoms with E-state index in [2.05, 4.69) is 17.6 Å². The number of aryl methyl sites for hydroxylation is 1. The molecule has 1 atom stereocenters. The monoisotopic (exact) mass is 431 g/mol. The number of likely N-dealkylation sites (N-methyl/N-ethyl adjacent to an activating group) is 1. The molecule has 1 amide bonds. The summed E-state index contributed by atoms with van der Waals surface area (Å²) in [6.45, 7) is 12.2. The van der Waals surface area contributed by atoms with Crippen LogP contribution in [0.2, 0.25) is 0 Å². The van der Waals surface area contributed by atoms with Crippen LogP contribution in [0.5, 0.6) is 0 Å². The predicted octanol–water partition coefficient (Wildman–Crippen LogP) is 2.87. The van der Waals surface area contributed by atoms with Crippen LogP contribution in [0.3, 0.4) is 0 Å². The molecule has 1 aliphatic rings. The van der Waals surface area contributed by atoms with E-state index in [1.165, 1.54) is 6.07 Å². The first-order valence-electron chi connectivity index (χ1n) is 9.79. The van der Waals surface area contributed by atoms with Gasteiger partial charge >= 0.3 is 0 Å². The number of halogens is 1. The second kappa shape index (κ2) is 10.6. The number of piperidine rings is 1. The van der Waals surface area contributed by atoms with Gasteiger partial charge in [0.15, 0.2) is 0 Å². The summed E-state index contributed by atoms with van der Waals surface area (Å²) < 4.78 is 27.9. The topological polar surface area (TPSA) is 78.5 Å². The second-order valence-corrected chi connectivity index (χ2v) is 9.58. The zero-order valence-corrected chi connectivity index (χ0v) is 19.2. The number of hydrogen-bond acceptors (Lipinski definition) is 4. The first-order chi connectivity index (χ1) is 12.7. The molecule has 1 aromatic rings. The Morgan fingerprint density at radius 3 is 2.43 bits per heavy atom. The number of nitrogens with one attached hydrogen (secondary N) is 2. The molecule has 8 heteroatoms. The predicted molar refractivity (Wildman–Crippen MR) is 116 cm³/mol. The molecule has 1 heterocycles. The zero-order valence-electron chi connectivity index (χ0n) is 17.5. The lowest BCUT2D eigenvalue weighted by atomic mass is 10.0. The Balaban J connectivity index is 0.00000392. The van der Waals surface area contributed by atoms with Crippen LogP contribution in [0.25, 0.3) is 0 Å². The van der Waals surface area contributed by atoms with E-state index >= 15 is 0 Å². The number of rotatable bonds is 7. The van der Waals surface area contributed by atoms with Crippen LogP contribution in [0.15, 0.2) is 17.0 Å². The molecule has 0 spiro atoms. The van der Waals surface area contributed by atoms with Gasteiger partial charge in [0.25, 0.3) is 5.91 Å². The smallest absolute Gasteiger partial charge is 0.251 e. The Labute approximate surface area is 175 Å². The number of amides is 1. The molecule has 0 bridgehead atoms. The quantitative estimate of drug-likeness (QED) is 0.695. The summed E-state index contributed by atoms with van der Waals surface area (Å²) in [6.07, 6.45) is 1.75. The largest absolute Gasteiger partial charge is 0.350 e. The maximum Gasteiger partial charge on any atom is 0.251 e. The fraction of sp³-hybridized carbons (Fsp3) is 0.650. The van der Waals surface area contributed by atoms with E-state index in [1.807, 2.05) is 27.7 Å². The Morgan fingerprint density at radius 2 is 1.86 bits per heavy atom. The Hall–Kier alpha value is -1.15. The molecule has 0 aromatic heterocycles. The van der Waals surface area contributed by atoms with Gasteiger partial charge < -0.3 is 10.6 Å². The van der Waals surface area contributed by atoms with Crippen LogP contribution < -0.4 is 10.6 Å². The highest BCUT2D eigenvalue weighted by Crippen LogP contribution is 2.28. The van der Waals surface area contributed by atoms with Crippen molar-refractivity contribution in [2.24, 2.45) is 5.92 Å². The molecule has 1 aromatic carbocycles. The van der Waals surface area contributed by atoms with Crippen LogP contribution in [0, 0.1) is 19.8 Å². The average Bonchev–Trinajstić information content (AvgIpc) is 2.62. The Morgan fingerprint density at radius 1 is 1.25 bits per heavy atom. The fourth-order valence-electron chi connectivity index (χ4n) is 3.36. The fourth-order valence-corrected chi connectivity index (χ4v) is 5.15. The normalized spacial score (nSPS) is 17.0. The van der Waals surface area contributed by atoms with Gasteiger partial charge in [-0.05, 0) is 69.3 Å². The standard InChI is InChI=1S/C20H33N3O3S.ClH/c1-6-21-16(4)13-22-20(24)18-11-15(3)17(5)19(12-18)27(25,26)23-9-7-14(2)8-10-23;/h11-12,14,16,21H,6-10,13H2,1-5H3,(H,22,24);1H/t16-;/m1./s1. The molecule has 160 valence electrons. The van der Waals surface area contributed by atoms with Gasteiger partial charge in [0.2, 0.25) is 10.0 Å². The summed E-state index contributed by atoms with van der Waals surface area (Å²) in [6, 6.07) is 3.45. The molecule has 0 saturated carbocycles. The summed E-state index contributed by atoms with van der Waals surface area (Å²) in [5.74, 6) is 0.307. The van der Waals surface area contributed by atoms with E-state index in [4.69, 9.17) is 0 Å². The van der Waals surface area contributed by atoms with Crippen molar-refractivity contribution in [3.05, 3.63) is 28.8 Å². The number of sulfonamides is 1. The first-order valence-corrected chi connectivity index (χ1v) is 11.2. The number of hydrogen-bond donors (Lipinski definition) is 2. The molecule has 0 radical (unpaired) electrons. The first kappa shape index (κ1) is 24.9. The van der Waals surface area contributed by atoms with E-state index in [-0.39, 0.29) is 29.3 Å². The van der Waals surface area contributed by atoms with Crippen molar-refractivity contribution >= 4 is 28.3 Å². The van der Waals surface area contributed by atoms with E-state index in [9.17, 15) is 13.2 Å². The molecule has 1 saturated heterocycles. The van der Waals surface area contributed by atoms with Crippen molar-refractivity contribution in [2.45, 2.75) is 58.4 Å². The SMILES string of the molecule is CCN[C@H](C)CNC(=O)c1cc(C)c(C)c(S(=O)(=O)N2CCC(C)CC2)c1.Cl. The van der Waals surface area contributed by atoms with Crippen LogP contribution >= 0.6 is 12.4 Å². The molecular formula is C20H34ClN3O3S. The van der Waals surface area contributed by atoms with Crippen LogP contribution in [-0.2, 0) is 10.0 Å². The van der Waals surface area contributed by atoms with Crippen molar-refractivity contribution in [3.63, 3.8) is 0 Å². The van der Waals surface area contributed by atoms with E-state index in [0.717, 1.165) is 24.9 Å². The minimum absolute atomic E-state index is 0. The lowest BCUT2D eigenvalue weighted by Gasteiger charge is -2.30. The van der Waals surface area contributed by atoms with Crippen LogP contribution in [-0.4, -0.2) is 50.9 Å². The summed E-state index contributed by atoms with van der Waals surface area (Å²) in [5.41, 5.74) is 1.92. The van der Waals surface area contributed by atoms with Crippen LogP contribution in [0.1, 0.15) is 55.1 Å². The molecule has 0 unspecified atom stereocenters. The van der Waals surface area contributed by atoms with Crippen molar-refractivity contribution in [1.29, 1.82) is 0 Å². The van der Waals surface area contributed by atoms with Gasteiger partial charge in [-0.25, -0.2) is 8.42 Å². The lowest BCUT2D eigenvalue weighted by molar-refractivity contribution is 0.0950. The molecule has 28 heavy (non-hydrogen) atoms. The highest BCUT2D eigenvalue weighted by molar-refractivity contribution is 7.89. The maximum absolute atomic E-state index is 13.2. The van der Waals surface area contributed by atoms with E-state index < -0.39 is 10.0 Å². The van der Waals surface area contributed by atoms with Gasteiger partial charge in [0.1, 0.15) is 0 Å². The minimum Gasteiger partial charge on any atom is -0.350 e. The molecule has 2 rings (SSSR count). The highest BCUT2D eigenvalue weighted by atomic mass is 35.5. The van der Waals surface area contributed by atoms with Gasteiger partial charge in [-0.3, -0.25) is 4.79 Å². The second-order valence-electron chi connectivity index (χ2n) is 7.67. The number of nitrogens with zero attached hydrogens (tertiary/aromatic N) is 1. The van der Waals surface area contributed by atoms with Gasteiger partial charge in [0, 0.05) is 31.2 Å². The summed E-state index contributed by atoms with van der Waals surface area (Å²) in [4.78, 5) is 12.8. The third kappa shape index (κ3) is 5.92. The van der Waals surface area contributed by atoms with Crippen molar-refractivity contribution in [1.82, 2.24) is 14.9 Å². The Bertz CT molecular complexity index is 775. The number of benzene rings is 1. The van der Waals surface area contributed by atoms with Gasteiger partial charge in [0.05, 0.1) is 4.90 Å². The van der Waals surface area contributed by atoms with Gasteiger partial charge in [-0.2, -0.15) is 4.31 Å². The van der Waals surface area contributed by atoms with Gasteiger partial charge in [-0.1, -0.05) is 13.8 Å². The number of carbonyl (C=O) groups is 1. The minimum atomic E-state index is -3.59. The van der Waals surface area contributed by atoms with Gasteiger partial charge in [-0.15, -0.1) is 12.4 Å². The van der Waals surface area contributed by atoms with Crippen LogP contribution in [0.4, 0.5) is 0 Å². The third-order valence-electron chi connectivity index (χ3n) is 5.36. The third-order valence-corrected chi connectivity index (χ3v) is 7.39. The highest BCUT2D eigenvalue weighted by Gasteiger charge is 2.30. The molecular weight excluding hydrogens is 398 g/mol. The Kier molecular flexibility index (Phi) is 9.40. The average molecular weight is 432 g/mol. The number of carbonyl (C=O) groups excluding carboxylic acids is 1. The lowest BCUT2D eigenvalue weighted by Crippen LogP contribution is -2.39. The van der Waals surface area contributed by atoms with E-state index in [0.29, 0.717) is 36.7 Å². The van der Waals surface area contributed by atoms with Crippen molar-refractivity contribution < 1.29 is 13.2 Å². The summed E-state index contributed by atoms with van der Waals surface area (Å²) in [7, 11) is -3.59. The summed E-state index contributed by atoms with van der Waals surface area (Å²) in [5, 5.41) is 6.12. The zero-order chi connectivity index (χ0) is 20.2. The summed E-state index contributed by atoms with van der Waals surface area (Å²) >= 11 is 0. The van der Waals surface area contributed by atoms with Crippen molar-refractivity contribution in [2.75, 3.05) is 26.2 Å². The molecule has 1 fully saturated rings. The van der Waals surface area contributed by atoms with Crippen molar-refractivity contribution in [3.8, 4) is 0 Å². The molecule has 2 N–H and O–H groups in total. The molecule has 0 aliphatic carbocycles. The maximum atomic E-state index is 13.2. The molecule has 1 aliphatic heterocycles. The molecule has 6 nitrogen and oxygen atoms in total.